The molecule has 7 nitrogen and oxygen atoms in total. The average Bonchev–Trinajstić information content (AvgIpc) is 3.12. The van der Waals surface area contributed by atoms with Crippen molar-refractivity contribution in [3.8, 4) is 11.5 Å². The van der Waals surface area contributed by atoms with Crippen LogP contribution in [0.2, 0.25) is 0 Å². The van der Waals surface area contributed by atoms with E-state index in [1.54, 1.807) is 56.7 Å². The zero-order valence-electron chi connectivity index (χ0n) is 18.9. The molecule has 0 aromatic heterocycles. The number of anilines is 1. The molecule has 174 valence electrons. The van der Waals surface area contributed by atoms with Crippen molar-refractivity contribution >= 4 is 40.9 Å². The Morgan fingerprint density at radius 1 is 0.939 bits per heavy atom. The van der Waals surface area contributed by atoms with E-state index in [-0.39, 0.29) is 16.9 Å². The third-order valence-corrected chi connectivity index (χ3v) is 5.56. The maximum atomic E-state index is 12.7. The second-order valence-electron chi connectivity index (χ2n) is 7.67. The number of methoxy groups -OCH3 is 2. The molecular weight excluding hydrogens is 438 g/mol. The number of ether oxygens (including phenoxy) is 2. The molecule has 2 N–H and O–H groups in total. The first-order chi connectivity index (χ1) is 16.0. The van der Waals surface area contributed by atoms with Crippen molar-refractivity contribution in [3.05, 3.63) is 59.7 Å². The van der Waals surface area contributed by atoms with Gasteiger partial charge in [0.1, 0.15) is 0 Å². The molecule has 3 rings (SSSR count). The van der Waals surface area contributed by atoms with E-state index in [0.29, 0.717) is 22.7 Å². The van der Waals surface area contributed by atoms with Crippen LogP contribution in [0.1, 0.15) is 41.6 Å². The highest BCUT2D eigenvalue weighted by molar-refractivity contribution is 7.80. The number of benzene rings is 2. The minimum atomic E-state index is -0.366. The number of rotatable bonds is 6. The highest BCUT2D eigenvalue weighted by Crippen LogP contribution is 2.27. The Balaban J connectivity index is 1.52. The van der Waals surface area contributed by atoms with E-state index in [0.717, 1.165) is 31.5 Å². The van der Waals surface area contributed by atoms with Crippen LogP contribution in [0.15, 0.2) is 48.5 Å². The lowest BCUT2D eigenvalue weighted by Crippen LogP contribution is -2.33. The molecule has 8 heteroatoms. The van der Waals surface area contributed by atoms with Crippen LogP contribution in [0.4, 0.5) is 5.69 Å². The normalized spacial score (nSPS) is 13.8. The van der Waals surface area contributed by atoms with E-state index < -0.39 is 0 Å². The van der Waals surface area contributed by atoms with Crippen molar-refractivity contribution in [3.63, 3.8) is 0 Å². The summed E-state index contributed by atoms with van der Waals surface area (Å²) >= 11 is 5.23. The number of hydrogen-bond donors (Lipinski definition) is 2. The summed E-state index contributed by atoms with van der Waals surface area (Å²) in [4.78, 5) is 26.8. The number of likely N-dealkylation sites (tertiary alicyclic amines) is 1. The zero-order valence-corrected chi connectivity index (χ0v) is 19.7. The minimum absolute atomic E-state index is 0.0552. The molecule has 0 radical (unpaired) electrons. The van der Waals surface area contributed by atoms with Gasteiger partial charge in [-0.2, -0.15) is 0 Å². The lowest BCUT2D eigenvalue weighted by atomic mass is 10.1. The summed E-state index contributed by atoms with van der Waals surface area (Å²) in [6.45, 7) is 1.62. The van der Waals surface area contributed by atoms with Gasteiger partial charge in [0, 0.05) is 30.4 Å². The van der Waals surface area contributed by atoms with Crippen molar-refractivity contribution in [2.45, 2.75) is 25.7 Å². The largest absolute Gasteiger partial charge is 0.493 e. The number of carbonyl (C=O) groups is 2. The maximum Gasteiger partial charge on any atom is 0.253 e. The monoisotopic (exact) mass is 467 g/mol. The lowest BCUT2D eigenvalue weighted by molar-refractivity contribution is -0.115. The number of amides is 2. The summed E-state index contributed by atoms with van der Waals surface area (Å²) in [5, 5.41) is 5.74. The Hall–Kier alpha value is -3.39. The number of hydrogen-bond acceptors (Lipinski definition) is 5. The summed E-state index contributed by atoms with van der Waals surface area (Å²) in [5.74, 6) is 0.883. The van der Waals surface area contributed by atoms with E-state index in [4.69, 9.17) is 21.7 Å². The van der Waals surface area contributed by atoms with E-state index in [1.165, 1.54) is 18.9 Å². The van der Waals surface area contributed by atoms with Gasteiger partial charge < -0.3 is 19.7 Å². The van der Waals surface area contributed by atoms with Crippen LogP contribution >= 0.6 is 12.2 Å². The van der Waals surface area contributed by atoms with Crippen molar-refractivity contribution in [2.75, 3.05) is 32.6 Å². The smallest absolute Gasteiger partial charge is 0.253 e. The molecule has 2 aromatic carbocycles. The Labute approximate surface area is 199 Å². The fourth-order valence-electron chi connectivity index (χ4n) is 3.60. The first-order valence-electron chi connectivity index (χ1n) is 10.9. The standard InChI is InChI=1S/C25H29N3O4S/c1-31-21-13-7-18(17-22(21)32-2)8-14-23(29)27-25(33)26-20-11-9-19(10-12-20)24(30)28-15-5-3-4-6-16-28/h7-14,17H,3-6,15-16H2,1-2H3,(H2,26,27,29,33)/b14-8+. The van der Waals surface area contributed by atoms with Crippen LogP contribution in [0, 0.1) is 0 Å². The minimum Gasteiger partial charge on any atom is -0.493 e. The van der Waals surface area contributed by atoms with E-state index in [9.17, 15) is 9.59 Å². The molecule has 2 amide bonds. The van der Waals surface area contributed by atoms with Crippen LogP contribution in [-0.2, 0) is 4.79 Å². The number of nitrogens with zero attached hydrogens (tertiary/aromatic N) is 1. The Kier molecular flexibility index (Phi) is 8.83. The van der Waals surface area contributed by atoms with Crippen LogP contribution in [0.3, 0.4) is 0 Å². The number of thiocarbonyl (C=S) groups is 1. The van der Waals surface area contributed by atoms with Gasteiger partial charge in [0.2, 0.25) is 5.91 Å². The predicted molar refractivity (Wildman–Crippen MR) is 134 cm³/mol. The molecule has 0 saturated carbocycles. The second-order valence-corrected chi connectivity index (χ2v) is 8.08. The first-order valence-corrected chi connectivity index (χ1v) is 11.3. The van der Waals surface area contributed by atoms with Crippen LogP contribution < -0.4 is 20.1 Å². The maximum absolute atomic E-state index is 12.7. The molecule has 0 atom stereocenters. The molecule has 1 heterocycles. The van der Waals surface area contributed by atoms with Gasteiger partial charge in [-0.1, -0.05) is 18.9 Å². The van der Waals surface area contributed by atoms with E-state index in [1.807, 2.05) is 11.0 Å². The van der Waals surface area contributed by atoms with E-state index >= 15 is 0 Å². The van der Waals surface area contributed by atoms with Gasteiger partial charge in [-0.05, 0) is 73.1 Å². The summed E-state index contributed by atoms with van der Waals surface area (Å²) in [7, 11) is 3.12. The van der Waals surface area contributed by atoms with Crippen LogP contribution in [-0.4, -0.2) is 49.1 Å². The second kappa shape index (κ2) is 12.0. The SMILES string of the molecule is COc1ccc(/C=C/C(=O)NC(=S)Nc2ccc(C(=O)N3CCCCCC3)cc2)cc1OC. The molecule has 1 fully saturated rings. The quantitative estimate of drug-likeness (QED) is 0.489. The van der Waals surface area contributed by atoms with Gasteiger partial charge >= 0.3 is 0 Å². The molecule has 1 saturated heterocycles. The average molecular weight is 468 g/mol. The predicted octanol–water partition coefficient (Wildman–Crippen LogP) is 4.25. The summed E-state index contributed by atoms with van der Waals surface area (Å²) in [5.41, 5.74) is 2.12. The highest BCUT2D eigenvalue weighted by atomic mass is 32.1. The Morgan fingerprint density at radius 2 is 1.61 bits per heavy atom. The Morgan fingerprint density at radius 3 is 2.24 bits per heavy atom. The van der Waals surface area contributed by atoms with Crippen molar-refractivity contribution < 1.29 is 19.1 Å². The number of carbonyl (C=O) groups excluding carboxylic acids is 2. The third-order valence-electron chi connectivity index (χ3n) is 5.35. The fourth-order valence-corrected chi connectivity index (χ4v) is 3.82. The zero-order chi connectivity index (χ0) is 23.6. The molecule has 0 unspecified atom stereocenters. The first kappa shape index (κ1) is 24.3. The molecule has 0 aliphatic carbocycles. The van der Waals surface area contributed by atoms with Crippen LogP contribution in [0.5, 0.6) is 11.5 Å². The van der Waals surface area contributed by atoms with Gasteiger partial charge in [0.15, 0.2) is 16.6 Å². The van der Waals surface area contributed by atoms with Crippen molar-refractivity contribution in [1.82, 2.24) is 10.2 Å². The van der Waals surface area contributed by atoms with Gasteiger partial charge in [-0.25, -0.2) is 0 Å². The molecule has 2 aromatic rings. The van der Waals surface area contributed by atoms with Gasteiger partial charge in [-0.15, -0.1) is 0 Å². The number of nitrogens with one attached hydrogen (secondary N) is 2. The molecule has 0 spiro atoms. The van der Waals surface area contributed by atoms with E-state index in [2.05, 4.69) is 10.6 Å². The van der Waals surface area contributed by atoms with Gasteiger partial charge in [0.05, 0.1) is 14.2 Å². The molecular formula is C25H29N3O4S. The third kappa shape index (κ3) is 7.05. The fraction of sp³-hybridized carbons (Fsp3) is 0.320. The topological polar surface area (TPSA) is 79.9 Å². The van der Waals surface area contributed by atoms with Gasteiger partial charge in [0.25, 0.3) is 5.91 Å². The summed E-state index contributed by atoms with van der Waals surface area (Å²) in [6, 6.07) is 12.5. The molecule has 33 heavy (non-hydrogen) atoms. The lowest BCUT2D eigenvalue weighted by Gasteiger charge is -2.20. The molecule has 1 aliphatic rings. The summed E-state index contributed by atoms with van der Waals surface area (Å²) in [6.07, 6.45) is 7.51. The molecule has 0 bridgehead atoms. The van der Waals surface area contributed by atoms with Crippen molar-refractivity contribution in [2.24, 2.45) is 0 Å². The van der Waals surface area contributed by atoms with Crippen molar-refractivity contribution in [1.29, 1.82) is 0 Å². The highest BCUT2D eigenvalue weighted by Gasteiger charge is 2.17. The summed E-state index contributed by atoms with van der Waals surface area (Å²) < 4.78 is 10.5. The van der Waals surface area contributed by atoms with Gasteiger partial charge in [-0.3, -0.25) is 14.9 Å². The van der Waals surface area contributed by atoms with Crippen LogP contribution in [0.25, 0.3) is 6.08 Å². The Bertz CT molecular complexity index is 1010. The molecule has 1 aliphatic heterocycles.